The van der Waals surface area contributed by atoms with Gasteiger partial charge in [0.2, 0.25) is 15.9 Å². The van der Waals surface area contributed by atoms with Gasteiger partial charge in [-0.2, -0.15) is 11.8 Å². The zero-order chi connectivity index (χ0) is 21.4. The molecule has 8 heteroatoms. The first-order valence-electron chi connectivity index (χ1n) is 9.39. The van der Waals surface area contributed by atoms with E-state index >= 15 is 0 Å². The predicted octanol–water partition coefficient (Wildman–Crippen LogP) is 3.73. The summed E-state index contributed by atoms with van der Waals surface area (Å²) in [5.41, 5.74) is 2.30. The van der Waals surface area contributed by atoms with Crippen molar-refractivity contribution >= 4 is 33.4 Å². The molecule has 0 aliphatic carbocycles. The van der Waals surface area contributed by atoms with E-state index in [0.717, 1.165) is 16.3 Å². The maximum atomic E-state index is 14.2. The first kappa shape index (κ1) is 23.2. The van der Waals surface area contributed by atoms with Crippen LogP contribution in [-0.4, -0.2) is 38.9 Å². The molecule has 0 saturated heterocycles. The summed E-state index contributed by atoms with van der Waals surface area (Å²) in [4.78, 5) is 12.7. The summed E-state index contributed by atoms with van der Waals surface area (Å²) in [6.07, 6.45) is 1.21. The lowest BCUT2D eigenvalue weighted by molar-refractivity contribution is -0.122. The van der Waals surface area contributed by atoms with Crippen LogP contribution in [0.2, 0.25) is 0 Å². The summed E-state index contributed by atoms with van der Waals surface area (Å²) in [6, 6.07) is 12.8. The summed E-state index contributed by atoms with van der Waals surface area (Å²) in [6.45, 7) is 4.15. The summed E-state index contributed by atoms with van der Waals surface area (Å²) in [5, 5.41) is 2.78. The van der Waals surface area contributed by atoms with Crippen LogP contribution in [0, 0.1) is 12.7 Å². The lowest BCUT2D eigenvalue weighted by Gasteiger charge is -2.30. The van der Waals surface area contributed by atoms with Gasteiger partial charge in [0.05, 0.1) is 11.9 Å². The first-order chi connectivity index (χ1) is 13.7. The van der Waals surface area contributed by atoms with E-state index in [1.807, 2.05) is 19.1 Å². The fourth-order valence-corrected chi connectivity index (χ4v) is 5.04. The molecule has 1 atom stereocenters. The fourth-order valence-electron chi connectivity index (χ4n) is 3.02. The van der Waals surface area contributed by atoms with E-state index in [0.29, 0.717) is 12.3 Å². The lowest BCUT2D eigenvalue weighted by Crippen LogP contribution is -2.50. The molecule has 0 aromatic heterocycles. The van der Waals surface area contributed by atoms with Crippen molar-refractivity contribution in [3.63, 3.8) is 0 Å². The van der Waals surface area contributed by atoms with Crippen molar-refractivity contribution in [3.05, 3.63) is 65.5 Å². The molecule has 1 unspecified atom stereocenters. The van der Waals surface area contributed by atoms with Crippen LogP contribution in [0.1, 0.15) is 24.5 Å². The molecule has 0 spiro atoms. The Labute approximate surface area is 176 Å². The molecule has 1 N–H and O–H groups in total. The lowest BCUT2D eigenvalue weighted by atomic mass is 10.2. The first-order valence-corrected chi connectivity index (χ1v) is 12.4. The average molecular weight is 439 g/mol. The van der Waals surface area contributed by atoms with E-state index in [1.54, 1.807) is 24.8 Å². The molecule has 5 nitrogen and oxygen atoms in total. The SMILES string of the molecule is CCC(C(=O)NCCSCc1cccc(C)c1)N(c1ccccc1F)S(C)(=O)=O. The molecule has 158 valence electrons. The zero-order valence-electron chi connectivity index (χ0n) is 16.9. The molecule has 2 aromatic carbocycles. The number of nitrogens with one attached hydrogen (secondary N) is 1. The number of carbonyl (C=O) groups is 1. The number of hydrogen-bond donors (Lipinski definition) is 1. The molecule has 0 aliphatic rings. The van der Waals surface area contributed by atoms with E-state index in [2.05, 4.69) is 17.4 Å². The van der Waals surface area contributed by atoms with E-state index in [1.165, 1.54) is 29.3 Å². The van der Waals surface area contributed by atoms with Crippen LogP contribution in [0.5, 0.6) is 0 Å². The predicted molar refractivity (Wildman–Crippen MR) is 118 cm³/mol. The van der Waals surface area contributed by atoms with E-state index in [-0.39, 0.29) is 12.1 Å². The Morgan fingerprint density at radius 1 is 1.21 bits per heavy atom. The Hall–Kier alpha value is -2.06. The molecule has 0 heterocycles. The van der Waals surface area contributed by atoms with Gasteiger partial charge in [-0.15, -0.1) is 0 Å². The van der Waals surface area contributed by atoms with Gasteiger partial charge in [-0.1, -0.05) is 48.9 Å². The number of amides is 1. The Balaban J connectivity index is 1.98. The van der Waals surface area contributed by atoms with Crippen molar-refractivity contribution < 1.29 is 17.6 Å². The highest BCUT2D eigenvalue weighted by Gasteiger charge is 2.32. The highest BCUT2D eigenvalue weighted by atomic mass is 32.2. The van der Waals surface area contributed by atoms with Crippen LogP contribution in [0.4, 0.5) is 10.1 Å². The van der Waals surface area contributed by atoms with Crippen LogP contribution in [0.15, 0.2) is 48.5 Å². The Morgan fingerprint density at radius 2 is 1.93 bits per heavy atom. The van der Waals surface area contributed by atoms with Crippen LogP contribution in [0.3, 0.4) is 0 Å². The number of sulfonamides is 1. The number of benzene rings is 2. The standard InChI is InChI=1S/C21H27FN2O3S2/c1-4-19(24(29(3,26)27)20-11-6-5-10-18(20)22)21(25)23-12-13-28-15-17-9-7-8-16(2)14-17/h5-11,14,19H,4,12-13,15H2,1-3H3,(H,23,25). The zero-order valence-corrected chi connectivity index (χ0v) is 18.5. The topological polar surface area (TPSA) is 66.5 Å². The Morgan fingerprint density at radius 3 is 2.55 bits per heavy atom. The van der Waals surface area contributed by atoms with Crippen LogP contribution in [-0.2, 0) is 20.6 Å². The second-order valence-electron chi connectivity index (χ2n) is 6.77. The summed E-state index contributed by atoms with van der Waals surface area (Å²) >= 11 is 1.68. The molecule has 0 bridgehead atoms. The van der Waals surface area contributed by atoms with Crippen molar-refractivity contribution in [2.75, 3.05) is 22.9 Å². The van der Waals surface area contributed by atoms with Gasteiger partial charge in [0, 0.05) is 18.1 Å². The summed E-state index contributed by atoms with van der Waals surface area (Å²) < 4.78 is 39.8. The van der Waals surface area contributed by atoms with Crippen molar-refractivity contribution in [3.8, 4) is 0 Å². The molecule has 2 aromatic rings. The monoisotopic (exact) mass is 438 g/mol. The van der Waals surface area contributed by atoms with Gasteiger partial charge >= 0.3 is 0 Å². The smallest absolute Gasteiger partial charge is 0.243 e. The highest BCUT2D eigenvalue weighted by Crippen LogP contribution is 2.25. The minimum Gasteiger partial charge on any atom is -0.353 e. The minimum absolute atomic E-state index is 0.120. The number of rotatable bonds is 10. The van der Waals surface area contributed by atoms with Crippen LogP contribution >= 0.6 is 11.8 Å². The Kier molecular flexibility index (Phi) is 8.52. The van der Waals surface area contributed by atoms with Gasteiger partial charge in [-0.25, -0.2) is 12.8 Å². The van der Waals surface area contributed by atoms with Gasteiger partial charge < -0.3 is 5.32 Å². The van der Waals surface area contributed by atoms with Gasteiger partial charge in [0.25, 0.3) is 0 Å². The van der Waals surface area contributed by atoms with Crippen molar-refractivity contribution in [2.24, 2.45) is 0 Å². The van der Waals surface area contributed by atoms with E-state index < -0.39 is 27.8 Å². The number of anilines is 1. The number of halogens is 1. The highest BCUT2D eigenvalue weighted by molar-refractivity contribution is 7.98. The van der Waals surface area contributed by atoms with Crippen LogP contribution < -0.4 is 9.62 Å². The molecule has 29 heavy (non-hydrogen) atoms. The minimum atomic E-state index is -3.84. The third-order valence-corrected chi connectivity index (χ3v) is 6.51. The fraction of sp³-hybridized carbons (Fsp3) is 0.381. The second kappa shape index (κ2) is 10.6. The van der Waals surface area contributed by atoms with Gasteiger partial charge in [0.1, 0.15) is 11.9 Å². The van der Waals surface area contributed by atoms with Crippen molar-refractivity contribution in [1.82, 2.24) is 5.32 Å². The van der Waals surface area contributed by atoms with Gasteiger partial charge in [-0.05, 0) is 31.0 Å². The van der Waals surface area contributed by atoms with Crippen molar-refractivity contribution in [1.29, 1.82) is 0 Å². The number of thioether (sulfide) groups is 1. The molecule has 0 saturated carbocycles. The van der Waals surface area contributed by atoms with Crippen LogP contribution in [0.25, 0.3) is 0 Å². The van der Waals surface area contributed by atoms with E-state index in [9.17, 15) is 17.6 Å². The normalized spacial score (nSPS) is 12.4. The second-order valence-corrected chi connectivity index (χ2v) is 9.73. The maximum absolute atomic E-state index is 14.2. The third kappa shape index (κ3) is 6.75. The van der Waals surface area contributed by atoms with Crippen molar-refractivity contribution in [2.45, 2.75) is 32.1 Å². The number of nitrogens with zero attached hydrogens (tertiary/aromatic N) is 1. The molecular formula is C21H27FN2O3S2. The average Bonchev–Trinajstić information content (AvgIpc) is 2.65. The largest absolute Gasteiger partial charge is 0.353 e. The summed E-state index contributed by atoms with van der Waals surface area (Å²) in [7, 11) is -3.84. The molecule has 1 amide bonds. The molecule has 0 aliphatic heterocycles. The van der Waals surface area contributed by atoms with Gasteiger partial charge in [0.15, 0.2) is 0 Å². The van der Waals surface area contributed by atoms with E-state index in [4.69, 9.17) is 0 Å². The third-order valence-electron chi connectivity index (χ3n) is 4.32. The maximum Gasteiger partial charge on any atom is 0.243 e. The quantitative estimate of drug-likeness (QED) is 0.574. The Bertz CT molecular complexity index is 935. The number of hydrogen-bond acceptors (Lipinski definition) is 4. The number of para-hydroxylation sites is 1. The molecule has 0 radical (unpaired) electrons. The molecule has 0 fully saturated rings. The number of aryl methyl sites for hydroxylation is 1. The molecular weight excluding hydrogens is 411 g/mol. The molecule has 2 rings (SSSR count). The van der Waals surface area contributed by atoms with Gasteiger partial charge in [-0.3, -0.25) is 9.10 Å². The number of carbonyl (C=O) groups excluding carboxylic acids is 1. The summed E-state index contributed by atoms with van der Waals surface area (Å²) in [5.74, 6) is 0.406.